The Morgan fingerprint density at radius 3 is 3.00 bits per heavy atom. The predicted molar refractivity (Wildman–Crippen MR) is 86.7 cm³/mol. The van der Waals surface area contributed by atoms with Gasteiger partial charge in [-0.2, -0.15) is 0 Å². The fourth-order valence-electron chi connectivity index (χ4n) is 5.50. The van der Waals surface area contributed by atoms with Crippen LogP contribution in [0.4, 0.5) is 0 Å². The Bertz CT molecular complexity index is 748. The summed E-state index contributed by atoms with van der Waals surface area (Å²) in [6, 6.07) is 0. The largest absolute Gasteiger partial charge is 0.455 e. The van der Waals surface area contributed by atoms with E-state index >= 15 is 0 Å². The van der Waals surface area contributed by atoms with Crippen molar-refractivity contribution < 1.29 is 19.4 Å². The average Bonchev–Trinajstić information content (AvgIpc) is 2.59. The number of aliphatic hydroxyl groups is 1. The first-order chi connectivity index (χ1) is 11.5. The van der Waals surface area contributed by atoms with Crippen LogP contribution in [-0.4, -0.2) is 48.4 Å². The maximum atomic E-state index is 12.8. The van der Waals surface area contributed by atoms with E-state index in [-0.39, 0.29) is 11.2 Å². The second-order valence-electron chi connectivity index (χ2n) is 7.86. The molecule has 0 amide bonds. The molecule has 0 aromatic rings. The molecule has 1 fully saturated rings. The minimum absolute atomic E-state index is 0.0610. The molecule has 5 nitrogen and oxygen atoms in total. The molecule has 24 heavy (non-hydrogen) atoms. The second-order valence-corrected chi connectivity index (χ2v) is 7.86. The monoisotopic (exact) mass is 329 g/mol. The van der Waals surface area contributed by atoms with Crippen LogP contribution in [0.1, 0.15) is 38.5 Å². The van der Waals surface area contributed by atoms with Crippen LogP contribution in [0.2, 0.25) is 0 Å². The van der Waals surface area contributed by atoms with Gasteiger partial charge in [-0.1, -0.05) is 0 Å². The lowest BCUT2D eigenvalue weighted by molar-refractivity contribution is -0.291. The molecule has 2 aliphatic heterocycles. The third-order valence-electron chi connectivity index (χ3n) is 6.77. The lowest BCUT2D eigenvalue weighted by Crippen LogP contribution is -2.59. The Balaban J connectivity index is 1.78. The van der Waals surface area contributed by atoms with Gasteiger partial charge in [-0.05, 0) is 43.8 Å². The average molecular weight is 329 g/mol. The van der Waals surface area contributed by atoms with E-state index in [0.29, 0.717) is 18.6 Å². The summed E-state index contributed by atoms with van der Waals surface area (Å²) in [6.45, 7) is 0.967. The third kappa shape index (κ3) is 1.60. The highest BCUT2D eigenvalue weighted by atomic mass is 16.7. The number of ketones is 1. The lowest BCUT2D eigenvalue weighted by Gasteiger charge is -2.58. The van der Waals surface area contributed by atoms with Crippen molar-refractivity contribution in [2.75, 3.05) is 20.7 Å². The van der Waals surface area contributed by atoms with Gasteiger partial charge in [0, 0.05) is 49.4 Å². The van der Waals surface area contributed by atoms with Gasteiger partial charge in [0.1, 0.15) is 6.10 Å². The van der Waals surface area contributed by atoms with E-state index in [9.17, 15) is 9.90 Å². The van der Waals surface area contributed by atoms with Crippen molar-refractivity contribution in [2.24, 2.45) is 5.41 Å². The zero-order valence-electron chi connectivity index (χ0n) is 14.2. The maximum absolute atomic E-state index is 12.8. The van der Waals surface area contributed by atoms with Crippen LogP contribution in [0.5, 0.6) is 0 Å². The molecule has 1 saturated carbocycles. The molecule has 1 N–H and O–H groups in total. The highest BCUT2D eigenvalue weighted by molar-refractivity contribution is 6.07. The summed E-state index contributed by atoms with van der Waals surface area (Å²) >= 11 is 0. The summed E-state index contributed by atoms with van der Waals surface area (Å²) in [7, 11) is 3.71. The van der Waals surface area contributed by atoms with Gasteiger partial charge >= 0.3 is 0 Å². The highest BCUT2D eigenvalue weighted by Gasteiger charge is 2.61. The van der Waals surface area contributed by atoms with Gasteiger partial charge in [0.05, 0.1) is 0 Å². The fraction of sp³-hybridized carbons (Fsp3) is 0.632. The molecule has 0 aromatic carbocycles. The number of fused-ring (bicyclic) bond motifs is 1. The van der Waals surface area contributed by atoms with Crippen molar-refractivity contribution in [2.45, 2.75) is 50.4 Å². The molecule has 2 heterocycles. The van der Waals surface area contributed by atoms with E-state index in [2.05, 4.69) is 11.9 Å². The summed E-state index contributed by atoms with van der Waals surface area (Å²) in [5, 5.41) is 10.5. The van der Waals surface area contributed by atoms with E-state index in [1.807, 2.05) is 0 Å². The van der Waals surface area contributed by atoms with Crippen molar-refractivity contribution in [3.63, 3.8) is 0 Å². The molecule has 2 bridgehead atoms. The van der Waals surface area contributed by atoms with Crippen molar-refractivity contribution in [3.8, 4) is 0 Å². The number of methoxy groups -OCH3 is 1. The van der Waals surface area contributed by atoms with Gasteiger partial charge < -0.3 is 19.5 Å². The van der Waals surface area contributed by atoms with Crippen molar-refractivity contribution in [1.82, 2.24) is 4.90 Å². The molecule has 5 heteroatoms. The summed E-state index contributed by atoms with van der Waals surface area (Å²) in [4.78, 5) is 15.1. The smallest absolute Gasteiger partial charge is 0.237 e. The molecule has 128 valence electrons. The summed E-state index contributed by atoms with van der Waals surface area (Å²) in [5.41, 5.74) is 4.78. The molecular formula is C19H23NO4. The van der Waals surface area contributed by atoms with Crippen LogP contribution in [0.3, 0.4) is 0 Å². The fourth-order valence-corrected chi connectivity index (χ4v) is 5.50. The number of rotatable bonds is 1. The quantitative estimate of drug-likeness (QED) is 0.798. The van der Waals surface area contributed by atoms with Crippen LogP contribution >= 0.6 is 0 Å². The number of carbonyl (C=O) groups excluding carboxylic acids is 1. The first-order valence-electron chi connectivity index (χ1n) is 8.87. The highest BCUT2D eigenvalue weighted by Crippen LogP contribution is 2.63. The Kier molecular flexibility index (Phi) is 2.78. The molecule has 0 unspecified atom stereocenters. The topological polar surface area (TPSA) is 59.0 Å². The summed E-state index contributed by atoms with van der Waals surface area (Å²) in [5.74, 6) is -0.710. The number of hydrogen-bond donors (Lipinski definition) is 1. The standard InChI is InChI=1S/C19H23NO4/c1-20-8-5-11-9-13(21)17-16-15(11)12(20)3-6-18(16)7-4-14(22)19(10-18,23-2)24-17/h9,14,22H,3-8,10H2,1-2H3/t14-,18-,19-/m0/s1. The zero-order valence-corrected chi connectivity index (χ0v) is 14.2. The first-order valence-corrected chi connectivity index (χ1v) is 8.87. The van der Waals surface area contributed by atoms with Gasteiger partial charge in [-0.15, -0.1) is 0 Å². The molecule has 5 aliphatic rings. The van der Waals surface area contributed by atoms with Gasteiger partial charge in [0.25, 0.3) is 0 Å². The molecule has 5 rings (SSSR count). The molecule has 0 radical (unpaired) electrons. The van der Waals surface area contributed by atoms with E-state index < -0.39 is 11.9 Å². The minimum atomic E-state index is -1.07. The van der Waals surface area contributed by atoms with Crippen molar-refractivity contribution in [3.05, 3.63) is 34.3 Å². The van der Waals surface area contributed by atoms with E-state index in [0.717, 1.165) is 37.8 Å². The zero-order chi connectivity index (χ0) is 16.7. The molecule has 3 aliphatic carbocycles. The number of ether oxygens (including phenoxy) is 2. The molecule has 0 saturated heterocycles. The van der Waals surface area contributed by atoms with E-state index in [4.69, 9.17) is 9.47 Å². The Labute approximate surface area is 141 Å². The number of nitrogens with zero attached hydrogens (tertiary/aromatic N) is 1. The second kappa shape index (κ2) is 4.52. The molecular weight excluding hydrogens is 306 g/mol. The van der Waals surface area contributed by atoms with Crippen molar-refractivity contribution >= 4 is 5.78 Å². The molecule has 3 atom stereocenters. The van der Waals surface area contributed by atoms with Gasteiger partial charge in [0.15, 0.2) is 5.76 Å². The summed E-state index contributed by atoms with van der Waals surface area (Å²) in [6.07, 6.45) is 6.16. The van der Waals surface area contributed by atoms with Crippen LogP contribution in [0.25, 0.3) is 0 Å². The lowest BCUT2D eigenvalue weighted by atomic mass is 9.55. The maximum Gasteiger partial charge on any atom is 0.237 e. The number of carbonyl (C=O) groups is 1. The van der Waals surface area contributed by atoms with Gasteiger partial charge in [-0.3, -0.25) is 4.79 Å². The third-order valence-corrected chi connectivity index (χ3v) is 6.77. The number of aliphatic hydroxyl groups excluding tert-OH is 1. The Hall–Kier alpha value is -1.59. The minimum Gasteiger partial charge on any atom is -0.455 e. The van der Waals surface area contributed by atoms with E-state index in [1.54, 1.807) is 13.2 Å². The van der Waals surface area contributed by atoms with Gasteiger partial charge in [-0.25, -0.2) is 0 Å². The van der Waals surface area contributed by atoms with Crippen LogP contribution in [0, 0.1) is 5.41 Å². The Morgan fingerprint density at radius 2 is 2.21 bits per heavy atom. The number of hydrogen-bond acceptors (Lipinski definition) is 5. The van der Waals surface area contributed by atoms with Crippen molar-refractivity contribution in [1.29, 1.82) is 0 Å². The normalized spacial score (nSPS) is 40.3. The number of allylic oxidation sites excluding steroid dienone is 4. The van der Waals surface area contributed by atoms with E-state index in [1.165, 1.54) is 16.8 Å². The van der Waals surface area contributed by atoms with Crippen LogP contribution < -0.4 is 0 Å². The predicted octanol–water partition coefficient (Wildman–Crippen LogP) is 2.04. The molecule has 0 aromatic heterocycles. The van der Waals surface area contributed by atoms with Gasteiger partial charge in [0.2, 0.25) is 11.6 Å². The first kappa shape index (κ1) is 14.7. The summed E-state index contributed by atoms with van der Waals surface area (Å²) < 4.78 is 11.8. The van der Waals surface area contributed by atoms with Crippen LogP contribution in [-0.2, 0) is 14.3 Å². The molecule has 1 spiro atoms. The van der Waals surface area contributed by atoms with Crippen LogP contribution in [0.15, 0.2) is 34.3 Å². The SMILES string of the molecule is CO[C@@]12C[C@]3(CCC4=C5C(=CC(=O)C(=C53)O1)CCN4C)CC[C@@H]2O. The Morgan fingerprint density at radius 1 is 1.38 bits per heavy atom.